The topological polar surface area (TPSA) is 101 Å². The largest absolute Gasteiger partial charge is 0.345 e. The highest BCUT2D eigenvalue weighted by atomic mass is 32.2. The molecule has 1 unspecified atom stereocenters. The molecule has 0 aliphatic heterocycles. The summed E-state index contributed by atoms with van der Waals surface area (Å²) < 4.78 is 27.9. The zero-order valence-corrected chi connectivity index (χ0v) is 16.9. The Hall–Kier alpha value is -2.38. The fraction of sp³-hybridized carbons (Fsp3) is 0.350. The number of rotatable bonds is 7. The van der Waals surface area contributed by atoms with E-state index in [1.165, 1.54) is 12.1 Å². The van der Waals surface area contributed by atoms with Crippen LogP contribution < -0.4 is 15.8 Å². The van der Waals surface area contributed by atoms with Crippen LogP contribution >= 0.6 is 0 Å². The third-order valence-electron chi connectivity index (χ3n) is 4.77. The monoisotopic (exact) mass is 389 g/mol. The van der Waals surface area contributed by atoms with Crippen molar-refractivity contribution in [1.29, 1.82) is 0 Å². The van der Waals surface area contributed by atoms with E-state index in [9.17, 15) is 13.2 Å². The fourth-order valence-electron chi connectivity index (χ4n) is 2.49. The van der Waals surface area contributed by atoms with Gasteiger partial charge in [0.1, 0.15) is 0 Å². The van der Waals surface area contributed by atoms with Crippen molar-refractivity contribution in [2.45, 2.75) is 38.1 Å². The van der Waals surface area contributed by atoms with Gasteiger partial charge in [-0.05, 0) is 55.7 Å². The van der Waals surface area contributed by atoms with Gasteiger partial charge in [0.2, 0.25) is 0 Å². The summed E-state index contributed by atoms with van der Waals surface area (Å²) in [5.74, 6) is -0.231. The van der Waals surface area contributed by atoms with Gasteiger partial charge in [-0.3, -0.25) is 9.52 Å². The van der Waals surface area contributed by atoms with Gasteiger partial charge >= 0.3 is 0 Å². The second kappa shape index (κ2) is 8.10. The van der Waals surface area contributed by atoms with Crippen molar-refractivity contribution in [2.75, 3.05) is 11.3 Å². The summed E-state index contributed by atoms with van der Waals surface area (Å²) >= 11 is 0. The molecule has 0 radical (unpaired) electrons. The summed E-state index contributed by atoms with van der Waals surface area (Å²) in [6.07, 6.45) is 0. The Bertz CT molecular complexity index is 926. The Balaban J connectivity index is 2.27. The lowest BCUT2D eigenvalue weighted by atomic mass is 9.88. The van der Waals surface area contributed by atoms with E-state index in [1.807, 2.05) is 33.8 Å². The van der Waals surface area contributed by atoms with E-state index in [4.69, 9.17) is 5.73 Å². The summed E-state index contributed by atoms with van der Waals surface area (Å²) in [6.45, 7) is 7.98. The molecule has 146 valence electrons. The van der Waals surface area contributed by atoms with Gasteiger partial charge in [-0.15, -0.1) is 0 Å². The molecule has 7 heteroatoms. The number of hydrogen-bond donors (Lipinski definition) is 3. The van der Waals surface area contributed by atoms with Crippen LogP contribution in [0.25, 0.3) is 0 Å². The smallest absolute Gasteiger partial charge is 0.261 e. The average Bonchev–Trinajstić information content (AvgIpc) is 2.61. The van der Waals surface area contributed by atoms with E-state index in [-0.39, 0.29) is 28.8 Å². The van der Waals surface area contributed by atoms with Gasteiger partial charge in [0.15, 0.2) is 0 Å². The van der Waals surface area contributed by atoms with Crippen LogP contribution in [0, 0.1) is 12.8 Å². The minimum absolute atomic E-state index is 0.0238. The molecule has 2 rings (SSSR count). The summed E-state index contributed by atoms with van der Waals surface area (Å²) in [5, 5.41) is 2.92. The van der Waals surface area contributed by atoms with Crippen molar-refractivity contribution in [3.05, 3.63) is 59.7 Å². The number of aryl methyl sites for hydroxylation is 1. The molecular weight excluding hydrogens is 362 g/mol. The molecule has 0 aliphatic carbocycles. The van der Waals surface area contributed by atoms with E-state index >= 15 is 0 Å². The van der Waals surface area contributed by atoms with Crippen LogP contribution in [0.5, 0.6) is 0 Å². The molecule has 0 spiro atoms. The van der Waals surface area contributed by atoms with Gasteiger partial charge in [-0.1, -0.05) is 32.0 Å². The summed E-state index contributed by atoms with van der Waals surface area (Å²) in [7, 11) is -3.81. The minimum Gasteiger partial charge on any atom is -0.345 e. The minimum atomic E-state index is -3.81. The van der Waals surface area contributed by atoms with Crippen LogP contribution in [0.1, 0.15) is 36.7 Å². The highest BCUT2D eigenvalue weighted by molar-refractivity contribution is 7.92. The number of sulfonamides is 1. The fourth-order valence-corrected chi connectivity index (χ4v) is 3.58. The van der Waals surface area contributed by atoms with Crippen LogP contribution in [-0.4, -0.2) is 26.4 Å². The lowest BCUT2D eigenvalue weighted by Gasteiger charge is -2.33. The number of nitrogens with two attached hydrogens (primary N) is 1. The second-order valence-corrected chi connectivity index (χ2v) is 8.92. The Morgan fingerprint density at radius 2 is 1.81 bits per heavy atom. The van der Waals surface area contributed by atoms with Crippen LogP contribution in [0.3, 0.4) is 0 Å². The van der Waals surface area contributed by atoms with Crippen LogP contribution in [0.4, 0.5) is 5.69 Å². The zero-order chi connectivity index (χ0) is 20.2. The van der Waals surface area contributed by atoms with Crippen molar-refractivity contribution in [3.8, 4) is 0 Å². The lowest BCUT2D eigenvalue weighted by molar-refractivity contribution is 0.0883. The molecule has 0 aromatic heterocycles. The molecule has 0 fully saturated rings. The van der Waals surface area contributed by atoms with Crippen molar-refractivity contribution in [2.24, 2.45) is 11.7 Å². The molecule has 0 saturated carbocycles. The molecule has 0 aliphatic rings. The van der Waals surface area contributed by atoms with Crippen LogP contribution in [0.2, 0.25) is 0 Å². The molecule has 0 bridgehead atoms. The molecule has 1 amide bonds. The third kappa shape index (κ3) is 5.08. The maximum absolute atomic E-state index is 12.7. The number of anilines is 1. The summed E-state index contributed by atoms with van der Waals surface area (Å²) in [6, 6.07) is 13.0. The van der Waals surface area contributed by atoms with Crippen LogP contribution in [0.15, 0.2) is 53.4 Å². The van der Waals surface area contributed by atoms with E-state index in [1.54, 1.807) is 30.3 Å². The standard InChI is InChI=1S/C20H27N3O3S/c1-14(2)20(4,13-21)22-19(24)16-8-6-10-18(12-16)27(25,26)23-17-9-5-7-15(3)11-17/h5-12,14,23H,13,21H2,1-4H3,(H,22,24). The predicted octanol–water partition coefficient (Wildman–Crippen LogP) is 2.90. The van der Waals surface area contributed by atoms with Gasteiger partial charge < -0.3 is 11.1 Å². The highest BCUT2D eigenvalue weighted by Gasteiger charge is 2.29. The van der Waals surface area contributed by atoms with E-state index in [0.717, 1.165) is 5.56 Å². The maximum Gasteiger partial charge on any atom is 0.261 e. The third-order valence-corrected chi connectivity index (χ3v) is 6.15. The van der Waals surface area contributed by atoms with Gasteiger partial charge in [-0.25, -0.2) is 8.42 Å². The van der Waals surface area contributed by atoms with Gasteiger partial charge in [0, 0.05) is 17.8 Å². The van der Waals surface area contributed by atoms with Crippen molar-refractivity contribution >= 4 is 21.6 Å². The quantitative estimate of drug-likeness (QED) is 0.678. The number of nitrogens with one attached hydrogen (secondary N) is 2. The average molecular weight is 390 g/mol. The first-order valence-corrected chi connectivity index (χ1v) is 10.3. The molecule has 1 atom stereocenters. The Kier molecular flexibility index (Phi) is 6.28. The number of hydrogen-bond acceptors (Lipinski definition) is 4. The molecule has 2 aromatic carbocycles. The first kappa shape index (κ1) is 20.9. The number of carbonyl (C=O) groups excluding carboxylic acids is 1. The first-order valence-electron chi connectivity index (χ1n) is 8.79. The highest BCUT2D eigenvalue weighted by Crippen LogP contribution is 2.20. The predicted molar refractivity (Wildman–Crippen MR) is 108 cm³/mol. The zero-order valence-electron chi connectivity index (χ0n) is 16.1. The Morgan fingerprint density at radius 1 is 1.15 bits per heavy atom. The number of benzene rings is 2. The first-order chi connectivity index (χ1) is 12.6. The molecule has 4 N–H and O–H groups in total. The molecule has 0 saturated heterocycles. The Morgan fingerprint density at radius 3 is 2.41 bits per heavy atom. The van der Waals surface area contributed by atoms with Gasteiger partial charge in [-0.2, -0.15) is 0 Å². The van der Waals surface area contributed by atoms with Crippen LogP contribution in [-0.2, 0) is 10.0 Å². The second-order valence-electron chi connectivity index (χ2n) is 7.23. The van der Waals surface area contributed by atoms with E-state index < -0.39 is 15.6 Å². The van der Waals surface area contributed by atoms with E-state index in [0.29, 0.717) is 5.69 Å². The maximum atomic E-state index is 12.7. The molecule has 6 nitrogen and oxygen atoms in total. The van der Waals surface area contributed by atoms with Crippen molar-refractivity contribution in [3.63, 3.8) is 0 Å². The SMILES string of the molecule is Cc1cccc(NS(=O)(=O)c2cccc(C(=O)NC(C)(CN)C(C)C)c2)c1. The van der Waals surface area contributed by atoms with E-state index in [2.05, 4.69) is 10.0 Å². The summed E-state index contributed by atoms with van der Waals surface area (Å²) in [4.78, 5) is 12.6. The van der Waals surface area contributed by atoms with Gasteiger partial charge in [0.05, 0.1) is 10.4 Å². The molecule has 0 heterocycles. The summed E-state index contributed by atoms with van der Waals surface area (Å²) in [5.41, 5.74) is 6.91. The van der Waals surface area contributed by atoms with Gasteiger partial charge in [0.25, 0.3) is 15.9 Å². The van der Waals surface area contributed by atoms with Crippen molar-refractivity contribution in [1.82, 2.24) is 5.32 Å². The molecule has 2 aromatic rings. The van der Waals surface area contributed by atoms with Crippen molar-refractivity contribution < 1.29 is 13.2 Å². The molecular formula is C20H27N3O3S. The normalized spacial score (nSPS) is 13.9. The molecule has 27 heavy (non-hydrogen) atoms. The lowest BCUT2D eigenvalue weighted by Crippen LogP contribution is -2.55. The number of carbonyl (C=O) groups is 1. The number of amides is 1. The Labute approximate surface area is 161 Å².